The summed E-state index contributed by atoms with van der Waals surface area (Å²) in [5, 5.41) is 3.24. The van der Waals surface area contributed by atoms with Gasteiger partial charge < -0.3 is 10.1 Å². The molecule has 1 amide bonds. The number of carbonyl (C=O) groups excluding carboxylic acids is 2. The third-order valence-electron chi connectivity index (χ3n) is 8.86. The van der Waals surface area contributed by atoms with Crippen LogP contribution in [0.4, 0.5) is 0 Å². The van der Waals surface area contributed by atoms with E-state index >= 15 is 0 Å². The third kappa shape index (κ3) is 2.26. The zero-order valence-corrected chi connectivity index (χ0v) is 16.7. The highest BCUT2D eigenvalue weighted by atomic mass is 16.5. The van der Waals surface area contributed by atoms with Crippen LogP contribution >= 0.6 is 0 Å². The predicted molar refractivity (Wildman–Crippen MR) is 100 cm³/mol. The van der Waals surface area contributed by atoms with Gasteiger partial charge in [-0.1, -0.05) is 33.8 Å². The van der Waals surface area contributed by atoms with Crippen molar-refractivity contribution in [2.24, 2.45) is 46.3 Å². The van der Waals surface area contributed by atoms with Gasteiger partial charge in [-0.05, 0) is 66.8 Å². The monoisotopic (exact) mass is 359 g/mol. The minimum atomic E-state index is -0.0154. The van der Waals surface area contributed by atoms with Crippen molar-refractivity contribution in [3.8, 4) is 0 Å². The highest BCUT2D eigenvalue weighted by Crippen LogP contribution is 2.67. The van der Waals surface area contributed by atoms with E-state index in [2.05, 4.69) is 39.1 Å². The van der Waals surface area contributed by atoms with Gasteiger partial charge in [0.15, 0.2) is 0 Å². The normalized spacial score (nSPS) is 52.5. The van der Waals surface area contributed by atoms with Crippen molar-refractivity contribution in [1.29, 1.82) is 0 Å². The molecule has 4 heteroatoms. The van der Waals surface area contributed by atoms with E-state index in [0.29, 0.717) is 29.6 Å². The lowest BCUT2D eigenvalue weighted by Gasteiger charge is -2.60. The van der Waals surface area contributed by atoms with Crippen LogP contribution in [0.5, 0.6) is 0 Å². The lowest BCUT2D eigenvalue weighted by Crippen LogP contribution is -2.61. The first kappa shape index (κ1) is 18.1. The van der Waals surface area contributed by atoms with E-state index in [0.717, 1.165) is 25.7 Å². The largest absolute Gasteiger partial charge is 0.469 e. The molecular formula is C22H33NO3. The van der Waals surface area contributed by atoms with Crippen LogP contribution in [0.3, 0.4) is 0 Å². The second-order valence-electron chi connectivity index (χ2n) is 10.0. The molecule has 8 unspecified atom stereocenters. The molecule has 4 rings (SSSR count). The van der Waals surface area contributed by atoms with Crippen molar-refractivity contribution < 1.29 is 14.3 Å². The van der Waals surface area contributed by atoms with Crippen molar-refractivity contribution in [1.82, 2.24) is 5.32 Å². The van der Waals surface area contributed by atoms with Crippen LogP contribution in [0, 0.1) is 46.3 Å². The van der Waals surface area contributed by atoms with E-state index in [-0.39, 0.29) is 34.7 Å². The molecule has 144 valence electrons. The smallest absolute Gasteiger partial charge is 0.309 e. The van der Waals surface area contributed by atoms with Crippen molar-refractivity contribution in [2.45, 2.75) is 59.4 Å². The number of hydrogen-bond acceptors (Lipinski definition) is 3. The van der Waals surface area contributed by atoms with Gasteiger partial charge >= 0.3 is 5.97 Å². The van der Waals surface area contributed by atoms with Crippen LogP contribution < -0.4 is 5.32 Å². The van der Waals surface area contributed by atoms with Gasteiger partial charge in [-0.25, -0.2) is 0 Å². The van der Waals surface area contributed by atoms with Crippen LogP contribution in [0.15, 0.2) is 12.2 Å². The number of ether oxygens (including phenoxy) is 1. The van der Waals surface area contributed by atoms with Gasteiger partial charge in [0.05, 0.1) is 13.0 Å². The van der Waals surface area contributed by atoms with Crippen molar-refractivity contribution >= 4 is 11.9 Å². The number of amides is 1. The number of fused-ring (bicyclic) bond motifs is 5. The fraction of sp³-hybridized carbons (Fsp3) is 0.818. The molecule has 1 N–H and O–H groups in total. The summed E-state index contributed by atoms with van der Waals surface area (Å²) in [5.74, 6) is 2.78. The molecule has 0 bridgehead atoms. The maximum atomic E-state index is 12.6. The average molecular weight is 360 g/mol. The standard InChI is InChI=1S/C22H33NO3/c1-12-11-16-21(3,9-7-17(24)23-16)14-6-8-22(4)15(18(12)14)10-13(2)19(22)20(25)26-5/h7,9,12-16,18-19H,6,8,10-11H2,1-5H3,(H,23,24)/t12?,13?,14?,15?,16-,18?,19?,21?,22?/m1/s1. The van der Waals surface area contributed by atoms with Gasteiger partial charge in [0.25, 0.3) is 0 Å². The number of rotatable bonds is 1. The summed E-state index contributed by atoms with van der Waals surface area (Å²) in [6.45, 7) is 9.29. The minimum absolute atomic E-state index is 0.0154. The Labute approximate surface area is 157 Å². The molecule has 0 aromatic carbocycles. The van der Waals surface area contributed by atoms with Gasteiger partial charge in [0, 0.05) is 11.5 Å². The highest BCUT2D eigenvalue weighted by Gasteiger charge is 2.64. The Morgan fingerprint density at radius 2 is 1.92 bits per heavy atom. The number of esters is 1. The van der Waals surface area contributed by atoms with E-state index in [1.165, 1.54) is 7.11 Å². The Morgan fingerprint density at radius 1 is 1.19 bits per heavy atom. The fourth-order valence-corrected chi connectivity index (χ4v) is 7.68. The molecule has 9 atom stereocenters. The summed E-state index contributed by atoms with van der Waals surface area (Å²) in [5.41, 5.74) is 0.0891. The molecule has 3 aliphatic carbocycles. The van der Waals surface area contributed by atoms with E-state index < -0.39 is 0 Å². The molecule has 0 radical (unpaired) electrons. The van der Waals surface area contributed by atoms with Gasteiger partial charge in [-0.3, -0.25) is 9.59 Å². The van der Waals surface area contributed by atoms with E-state index in [1.54, 1.807) is 6.08 Å². The van der Waals surface area contributed by atoms with Crippen LogP contribution in [0.1, 0.15) is 53.4 Å². The molecule has 1 aliphatic heterocycles. The maximum Gasteiger partial charge on any atom is 0.309 e. The van der Waals surface area contributed by atoms with Gasteiger partial charge in [0.2, 0.25) is 5.91 Å². The predicted octanol–water partition coefficient (Wildman–Crippen LogP) is 3.56. The quantitative estimate of drug-likeness (QED) is 0.728. The number of nitrogens with one attached hydrogen (secondary N) is 1. The minimum Gasteiger partial charge on any atom is -0.469 e. The molecule has 0 aromatic rings. The molecule has 3 saturated carbocycles. The summed E-state index contributed by atoms with van der Waals surface area (Å²) in [6.07, 6.45) is 8.32. The third-order valence-corrected chi connectivity index (χ3v) is 8.86. The first-order chi connectivity index (χ1) is 12.2. The number of hydrogen-bond donors (Lipinski definition) is 1. The Kier molecular flexibility index (Phi) is 4.06. The fourth-order valence-electron chi connectivity index (χ4n) is 7.68. The van der Waals surface area contributed by atoms with Crippen LogP contribution in [0.2, 0.25) is 0 Å². The van der Waals surface area contributed by atoms with E-state index in [9.17, 15) is 9.59 Å². The van der Waals surface area contributed by atoms with Crippen LogP contribution in [-0.4, -0.2) is 25.0 Å². The number of methoxy groups -OCH3 is 1. The Bertz CT molecular complexity index is 658. The molecule has 0 spiro atoms. The molecule has 0 saturated heterocycles. The summed E-state index contributed by atoms with van der Waals surface area (Å²) in [4.78, 5) is 24.5. The lowest BCUT2D eigenvalue weighted by atomic mass is 9.45. The molecular weight excluding hydrogens is 326 g/mol. The topological polar surface area (TPSA) is 55.4 Å². The molecule has 4 nitrogen and oxygen atoms in total. The first-order valence-corrected chi connectivity index (χ1v) is 10.3. The van der Waals surface area contributed by atoms with Crippen molar-refractivity contribution in [3.05, 3.63) is 12.2 Å². The Hall–Kier alpha value is -1.32. The molecule has 4 aliphatic rings. The van der Waals surface area contributed by atoms with Crippen LogP contribution in [0.25, 0.3) is 0 Å². The number of carbonyl (C=O) groups is 2. The highest BCUT2D eigenvalue weighted by molar-refractivity contribution is 5.89. The second-order valence-corrected chi connectivity index (χ2v) is 10.0. The second kappa shape index (κ2) is 5.84. The molecule has 26 heavy (non-hydrogen) atoms. The van der Waals surface area contributed by atoms with Crippen molar-refractivity contribution in [3.63, 3.8) is 0 Å². The summed E-state index contributed by atoms with van der Waals surface area (Å²) in [7, 11) is 1.53. The Morgan fingerprint density at radius 3 is 2.62 bits per heavy atom. The van der Waals surface area contributed by atoms with E-state index in [4.69, 9.17) is 4.74 Å². The van der Waals surface area contributed by atoms with Gasteiger partial charge in [-0.2, -0.15) is 0 Å². The Balaban J connectivity index is 1.71. The lowest BCUT2D eigenvalue weighted by molar-refractivity contribution is -0.156. The van der Waals surface area contributed by atoms with Gasteiger partial charge in [-0.15, -0.1) is 0 Å². The first-order valence-electron chi connectivity index (χ1n) is 10.3. The zero-order chi connectivity index (χ0) is 18.9. The summed E-state index contributed by atoms with van der Waals surface area (Å²) in [6, 6.07) is 0.246. The maximum absolute atomic E-state index is 12.6. The summed E-state index contributed by atoms with van der Waals surface area (Å²) >= 11 is 0. The van der Waals surface area contributed by atoms with E-state index in [1.807, 2.05) is 0 Å². The molecule has 1 heterocycles. The van der Waals surface area contributed by atoms with Crippen LogP contribution in [-0.2, 0) is 14.3 Å². The van der Waals surface area contributed by atoms with Crippen molar-refractivity contribution in [2.75, 3.05) is 7.11 Å². The molecule has 3 fully saturated rings. The van der Waals surface area contributed by atoms with Gasteiger partial charge in [0.1, 0.15) is 0 Å². The summed E-state index contributed by atoms with van der Waals surface area (Å²) < 4.78 is 5.20. The SMILES string of the molecule is COC(=O)C1C(C)CC2C3C(C)C[C@H]4NC(=O)C=CC4(C)C3CCC21C. The average Bonchev–Trinajstić information content (AvgIpc) is 2.86. The molecule has 0 aromatic heterocycles. The zero-order valence-electron chi connectivity index (χ0n) is 16.7.